The van der Waals surface area contributed by atoms with Crippen LogP contribution >= 0.6 is 12.2 Å². The van der Waals surface area contributed by atoms with Gasteiger partial charge in [0.05, 0.1) is 11.5 Å². The number of hydrogen-bond donors (Lipinski definition) is 3. The first-order chi connectivity index (χ1) is 16.3. The molecule has 1 heterocycles. The number of amides is 1. The van der Waals surface area contributed by atoms with Crippen LogP contribution in [0.2, 0.25) is 0 Å². The smallest absolute Gasteiger partial charge is 0.263 e. The number of benzene rings is 2. The van der Waals surface area contributed by atoms with E-state index in [0.717, 1.165) is 19.3 Å². The summed E-state index contributed by atoms with van der Waals surface area (Å²) in [6.45, 7) is 4.43. The van der Waals surface area contributed by atoms with Crippen LogP contribution in [0.5, 0.6) is 5.75 Å². The van der Waals surface area contributed by atoms with Crippen LogP contribution in [0.3, 0.4) is 0 Å². The third-order valence-corrected chi connectivity index (χ3v) is 6.22. The molecule has 0 radical (unpaired) electrons. The van der Waals surface area contributed by atoms with E-state index < -0.39 is 10.0 Å². The molecule has 9 nitrogen and oxygen atoms in total. The van der Waals surface area contributed by atoms with Crippen LogP contribution in [0.25, 0.3) is 0 Å². The fourth-order valence-corrected chi connectivity index (χ4v) is 4.11. The molecule has 0 fully saturated rings. The van der Waals surface area contributed by atoms with E-state index >= 15 is 0 Å². The number of nitrogens with one attached hydrogen (secondary N) is 3. The Morgan fingerprint density at radius 3 is 2.41 bits per heavy atom. The minimum atomic E-state index is -3.83. The lowest BCUT2D eigenvalue weighted by atomic mass is 10.2. The molecular weight excluding hydrogens is 476 g/mol. The molecule has 180 valence electrons. The summed E-state index contributed by atoms with van der Waals surface area (Å²) in [6.07, 6.45) is 3.23. The van der Waals surface area contributed by atoms with E-state index in [-0.39, 0.29) is 21.7 Å². The van der Waals surface area contributed by atoms with Crippen molar-refractivity contribution in [2.45, 2.75) is 38.0 Å². The zero-order valence-corrected chi connectivity index (χ0v) is 20.5. The molecule has 0 unspecified atom stereocenters. The highest BCUT2D eigenvalue weighted by molar-refractivity contribution is 7.92. The lowest BCUT2D eigenvalue weighted by Gasteiger charge is -2.11. The lowest BCUT2D eigenvalue weighted by Crippen LogP contribution is -2.34. The number of sulfonamides is 1. The van der Waals surface area contributed by atoms with Crippen LogP contribution in [0.4, 0.5) is 11.5 Å². The number of ether oxygens (including phenoxy) is 1. The topological polar surface area (TPSA) is 123 Å². The summed E-state index contributed by atoms with van der Waals surface area (Å²) in [4.78, 5) is 12.5. The Balaban J connectivity index is 1.52. The number of nitrogens with zero attached hydrogens (tertiary/aromatic N) is 1. The molecule has 0 aliphatic carbocycles. The van der Waals surface area contributed by atoms with Gasteiger partial charge in [0.25, 0.3) is 15.9 Å². The molecule has 1 amide bonds. The minimum absolute atomic E-state index is 0.0330. The van der Waals surface area contributed by atoms with E-state index in [1.54, 1.807) is 31.2 Å². The van der Waals surface area contributed by atoms with E-state index in [4.69, 9.17) is 21.5 Å². The Kier molecular flexibility index (Phi) is 8.61. The first-order valence-corrected chi connectivity index (χ1v) is 12.6. The summed E-state index contributed by atoms with van der Waals surface area (Å²) in [5, 5.41) is 9.15. The molecule has 0 aliphatic rings. The number of rotatable bonds is 10. The number of aromatic nitrogens is 1. The maximum Gasteiger partial charge on any atom is 0.263 e. The molecule has 0 bridgehead atoms. The SMILES string of the molecule is CCCCCOc1ccc(C(=O)NC(=S)Nc2ccc(S(=O)(=O)Nc3cc(C)on3)cc2)cc1. The van der Waals surface area contributed by atoms with Crippen LogP contribution in [-0.4, -0.2) is 31.2 Å². The van der Waals surface area contributed by atoms with E-state index in [2.05, 4.69) is 27.4 Å². The molecule has 3 aromatic rings. The van der Waals surface area contributed by atoms with Gasteiger partial charge in [-0.25, -0.2) is 8.42 Å². The quantitative estimate of drug-likeness (QED) is 0.274. The first kappa shape index (κ1) is 25.2. The number of carbonyl (C=O) groups is 1. The molecule has 0 aliphatic heterocycles. The second-order valence-electron chi connectivity index (χ2n) is 7.44. The highest BCUT2D eigenvalue weighted by atomic mass is 32.2. The molecule has 11 heteroatoms. The van der Waals surface area contributed by atoms with E-state index in [1.165, 1.54) is 30.3 Å². The summed E-state index contributed by atoms with van der Waals surface area (Å²) in [7, 11) is -3.83. The van der Waals surface area contributed by atoms with Gasteiger partial charge >= 0.3 is 0 Å². The van der Waals surface area contributed by atoms with Crippen LogP contribution in [-0.2, 0) is 10.0 Å². The monoisotopic (exact) mass is 502 g/mol. The number of unbranched alkanes of at least 4 members (excludes halogenated alkanes) is 2. The highest BCUT2D eigenvalue weighted by Crippen LogP contribution is 2.18. The third-order valence-electron chi connectivity index (χ3n) is 4.65. The molecule has 0 spiro atoms. The maximum atomic E-state index is 12.5. The Bertz CT molecular complexity index is 1220. The zero-order valence-electron chi connectivity index (χ0n) is 18.8. The maximum absolute atomic E-state index is 12.5. The normalized spacial score (nSPS) is 11.0. The molecule has 3 rings (SSSR count). The predicted octanol–water partition coefficient (Wildman–Crippen LogP) is 4.48. The molecule has 34 heavy (non-hydrogen) atoms. The molecule has 3 N–H and O–H groups in total. The lowest BCUT2D eigenvalue weighted by molar-refractivity contribution is 0.0977. The van der Waals surface area contributed by atoms with Gasteiger partial charge in [-0.1, -0.05) is 24.9 Å². The van der Waals surface area contributed by atoms with Crippen molar-refractivity contribution < 1.29 is 22.5 Å². The average molecular weight is 503 g/mol. The van der Waals surface area contributed by atoms with E-state index in [9.17, 15) is 13.2 Å². The second-order valence-corrected chi connectivity index (χ2v) is 9.53. The van der Waals surface area contributed by atoms with Crippen molar-refractivity contribution in [2.75, 3.05) is 16.6 Å². The summed E-state index contributed by atoms with van der Waals surface area (Å²) in [5.41, 5.74) is 0.943. The molecule has 0 atom stereocenters. The molecule has 0 saturated heterocycles. The van der Waals surface area contributed by atoms with Crippen LogP contribution < -0.4 is 20.1 Å². The summed E-state index contributed by atoms with van der Waals surface area (Å²) < 4.78 is 37.7. The van der Waals surface area contributed by atoms with Crippen molar-refractivity contribution in [2.24, 2.45) is 0 Å². The van der Waals surface area contributed by atoms with Crippen molar-refractivity contribution in [3.05, 3.63) is 65.9 Å². The van der Waals surface area contributed by atoms with E-state index in [0.29, 0.717) is 29.4 Å². The van der Waals surface area contributed by atoms with Crippen molar-refractivity contribution in [1.29, 1.82) is 0 Å². The number of carbonyl (C=O) groups excluding carboxylic acids is 1. The molecule has 2 aromatic carbocycles. The largest absolute Gasteiger partial charge is 0.494 e. The van der Waals surface area contributed by atoms with Gasteiger partial charge in [0.2, 0.25) is 0 Å². The third kappa shape index (κ3) is 7.29. The fraction of sp³-hybridized carbons (Fsp3) is 0.261. The average Bonchev–Trinajstić information content (AvgIpc) is 3.21. The number of anilines is 2. The number of hydrogen-bond acceptors (Lipinski definition) is 7. The number of aryl methyl sites for hydroxylation is 1. The standard InChI is InChI=1S/C23H26N4O5S2/c1-3-4-5-14-31-19-10-6-17(7-11-19)22(28)25-23(33)24-18-8-12-20(13-9-18)34(29,30)27-21-15-16(2)32-26-21/h6-13,15H,3-5,14H2,1-2H3,(H,26,27)(H2,24,25,28,33). The summed E-state index contributed by atoms with van der Waals surface area (Å²) in [5.74, 6) is 0.914. The van der Waals surface area contributed by atoms with Gasteiger partial charge in [0.15, 0.2) is 10.9 Å². The fourth-order valence-electron chi connectivity index (χ4n) is 2.91. The highest BCUT2D eigenvalue weighted by Gasteiger charge is 2.16. The van der Waals surface area contributed by atoms with Gasteiger partial charge in [0, 0.05) is 17.3 Å². The van der Waals surface area contributed by atoms with Gasteiger partial charge in [-0.15, -0.1) is 0 Å². The van der Waals surface area contributed by atoms with Crippen molar-refractivity contribution in [3.8, 4) is 5.75 Å². The van der Waals surface area contributed by atoms with Gasteiger partial charge in [-0.3, -0.25) is 14.8 Å². The van der Waals surface area contributed by atoms with Gasteiger partial charge in [0.1, 0.15) is 11.5 Å². The Hall–Kier alpha value is -3.44. The van der Waals surface area contributed by atoms with Crippen molar-refractivity contribution >= 4 is 44.8 Å². The predicted molar refractivity (Wildman–Crippen MR) is 134 cm³/mol. The molecular formula is C23H26N4O5S2. The first-order valence-electron chi connectivity index (χ1n) is 10.7. The van der Waals surface area contributed by atoms with Crippen LogP contribution in [0.15, 0.2) is 64.0 Å². The van der Waals surface area contributed by atoms with Crippen LogP contribution in [0, 0.1) is 6.92 Å². The summed E-state index contributed by atoms with van der Waals surface area (Å²) in [6, 6.07) is 14.2. The van der Waals surface area contributed by atoms with Crippen molar-refractivity contribution in [3.63, 3.8) is 0 Å². The van der Waals surface area contributed by atoms with Crippen molar-refractivity contribution in [1.82, 2.24) is 10.5 Å². The van der Waals surface area contributed by atoms with E-state index in [1.807, 2.05) is 0 Å². The molecule has 1 aromatic heterocycles. The van der Waals surface area contributed by atoms with Crippen LogP contribution in [0.1, 0.15) is 42.3 Å². The Morgan fingerprint density at radius 1 is 1.09 bits per heavy atom. The summed E-state index contributed by atoms with van der Waals surface area (Å²) >= 11 is 5.20. The Morgan fingerprint density at radius 2 is 1.79 bits per heavy atom. The second kappa shape index (κ2) is 11.6. The molecule has 0 saturated carbocycles. The van der Waals surface area contributed by atoms with Gasteiger partial charge < -0.3 is 14.6 Å². The minimum Gasteiger partial charge on any atom is -0.494 e. The van der Waals surface area contributed by atoms with Gasteiger partial charge in [-0.05, 0) is 74.1 Å². The Labute approximate surface area is 203 Å². The number of thiocarbonyl (C=S) groups is 1. The van der Waals surface area contributed by atoms with Gasteiger partial charge in [-0.2, -0.15) is 0 Å². The zero-order chi connectivity index (χ0) is 24.6.